The van der Waals surface area contributed by atoms with Gasteiger partial charge in [0.15, 0.2) is 5.13 Å². The summed E-state index contributed by atoms with van der Waals surface area (Å²) in [5, 5.41) is 11.5. The number of hydrogen-bond donors (Lipinski definition) is 0. The lowest BCUT2D eigenvalue weighted by Gasteiger charge is -2.28. The number of non-ortho nitro benzene ring substituents is 1. The number of ether oxygens (including phenoxy) is 1. The Morgan fingerprint density at radius 2 is 1.94 bits per heavy atom. The predicted molar refractivity (Wildman–Crippen MR) is 131 cm³/mol. The van der Waals surface area contributed by atoms with Crippen LogP contribution in [0.3, 0.4) is 0 Å². The highest BCUT2D eigenvalue weighted by molar-refractivity contribution is 7.22. The molecule has 1 aliphatic heterocycles. The van der Waals surface area contributed by atoms with Gasteiger partial charge in [0, 0.05) is 44.4 Å². The molecule has 0 spiro atoms. The molecule has 9 heteroatoms. The van der Waals surface area contributed by atoms with Crippen molar-refractivity contribution in [2.45, 2.75) is 13.8 Å². The largest absolute Gasteiger partial charge is 0.379 e. The van der Waals surface area contributed by atoms with Gasteiger partial charge in [-0.25, -0.2) is 4.98 Å². The normalized spacial score (nSPS) is 14.7. The van der Waals surface area contributed by atoms with Crippen molar-refractivity contribution in [1.29, 1.82) is 0 Å². The zero-order valence-electron chi connectivity index (χ0n) is 18.7. The summed E-state index contributed by atoms with van der Waals surface area (Å²) in [7, 11) is 0. The highest BCUT2D eigenvalue weighted by Gasteiger charge is 2.21. The summed E-state index contributed by atoms with van der Waals surface area (Å²) in [5.74, 6) is -0.171. The van der Waals surface area contributed by atoms with Crippen molar-refractivity contribution in [3.8, 4) is 0 Å². The first-order valence-electron chi connectivity index (χ1n) is 10.8. The number of nitro groups is 1. The number of carbonyl (C=O) groups excluding carboxylic acids is 1. The van der Waals surface area contributed by atoms with E-state index in [0.29, 0.717) is 24.9 Å². The Morgan fingerprint density at radius 1 is 1.21 bits per heavy atom. The van der Waals surface area contributed by atoms with Crippen LogP contribution < -0.4 is 4.90 Å². The SMILES string of the molecule is Cc1ccc2sc(N(CCN3CCOCC3)C(=O)/C=C/c3ccc([N+](=O)[O-])cc3)nc2c1C. The van der Waals surface area contributed by atoms with Crippen LogP contribution in [0.15, 0.2) is 42.5 Å². The van der Waals surface area contributed by atoms with E-state index in [-0.39, 0.29) is 11.6 Å². The van der Waals surface area contributed by atoms with Gasteiger partial charge < -0.3 is 4.74 Å². The van der Waals surface area contributed by atoms with Gasteiger partial charge in [-0.15, -0.1) is 0 Å². The van der Waals surface area contributed by atoms with Crippen LogP contribution in [0.1, 0.15) is 16.7 Å². The quantitative estimate of drug-likeness (QED) is 0.295. The van der Waals surface area contributed by atoms with E-state index in [1.54, 1.807) is 23.1 Å². The molecule has 8 nitrogen and oxygen atoms in total. The van der Waals surface area contributed by atoms with Gasteiger partial charge in [-0.05, 0) is 54.8 Å². The Morgan fingerprint density at radius 3 is 2.64 bits per heavy atom. The topological polar surface area (TPSA) is 88.8 Å². The van der Waals surface area contributed by atoms with Crippen LogP contribution in [-0.4, -0.2) is 60.1 Å². The van der Waals surface area contributed by atoms with Gasteiger partial charge in [-0.1, -0.05) is 17.4 Å². The molecule has 2 heterocycles. The molecule has 1 aromatic heterocycles. The fourth-order valence-electron chi connectivity index (χ4n) is 3.66. The highest BCUT2D eigenvalue weighted by atomic mass is 32.1. The number of nitrogens with zero attached hydrogens (tertiary/aromatic N) is 4. The van der Waals surface area contributed by atoms with Crippen molar-refractivity contribution in [2.24, 2.45) is 0 Å². The first kappa shape index (κ1) is 23.0. The van der Waals surface area contributed by atoms with Crippen molar-refractivity contribution in [1.82, 2.24) is 9.88 Å². The molecule has 1 saturated heterocycles. The number of morpholine rings is 1. The molecular formula is C24H26N4O4S. The van der Waals surface area contributed by atoms with Crippen molar-refractivity contribution in [3.63, 3.8) is 0 Å². The lowest BCUT2D eigenvalue weighted by Crippen LogP contribution is -2.42. The molecule has 3 aromatic rings. The van der Waals surface area contributed by atoms with Gasteiger partial charge in [0.05, 0.1) is 28.4 Å². The third-order valence-electron chi connectivity index (χ3n) is 5.84. The van der Waals surface area contributed by atoms with E-state index in [1.807, 2.05) is 0 Å². The van der Waals surface area contributed by atoms with E-state index < -0.39 is 4.92 Å². The van der Waals surface area contributed by atoms with Crippen LogP contribution in [0.4, 0.5) is 10.8 Å². The average molecular weight is 467 g/mol. The van der Waals surface area contributed by atoms with Crippen LogP contribution in [0.5, 0.6) is 0 Å². The molecule has 0 unspecified atom stereocenters. The van der Waals surface area contributed by atoms with Gasteiger partial charge in [-0.3, -0.25) is 24.7 Å². The van der Waals surface area contributed by atoms with Crippen LogP contribution in [0.25, 0.3) is 16.3 Å². The summed E-state index contributed by atoms with van der Waals surface area (Å²) in [6, 6.07) is 10.2. The maximum Gasteiger partial charge on any atom is 0.269 e. The maximum atomic E-state index is 13.2. The number of aromatic nitrogens is 1. The summed E-state index contributed by atoms with van der Waals surface area (Å²) < 4.78 is 6.48. The number of fused-ring (bicyclic) bond motifs is 1. The maximum absolute atomic E-state index is 13.2. The minimum absolute atomic E-state index is 0.0192. The van der Waals surface area contributed by atoms with E-state index in [1.165, 1.54) is 35.1 Å². The van der Waals surface area contributed by atoms with Crippen LogP contribution in [0.2, 0.25) is 0 Å². The number of amides is 1. The zero-order valence-corrected chi connectivity index (χ0v) is 19.5. The molecule has 0 radical (unpaired) electrons. The van der Waals surface area contributed by atoms with Gasteiger partial charge >= 0.3 is 0 Å². The Balaban J connectivity index is 1.58. The summed E-state index contributed by atoms with van der Waals surface area (Å²) in [4.78, 5) is 32.5. The number of rotatable bonds is 7. The number of anilines is 1. The second kappa shape index (κ2) is 10.2. The molecule has 1 fully saturated rings. The first-order valence-corrected chi connectivity index (χ1v) is 11.6. The highest BCUT2D eigenvalue weighted by Crippen LogP contribution is 2.32. The van der Waals surface area contributed by atoms with Crippen LogP contribution in [-0.2, 0) is 9.53 Å². The number of aryl methyl sites for hydroxylation is 2. The molecule has 1 amide bonds. The third-order valence-corrected chi connectivity index (χ3v) is 6.88. The standard InChI is InChI=1S/C24H26N4O4S/c1-17-3-9-21-23(18(17)2)25-24(33-21)27(12-11-26-13-15-32-16-14-26)22(29)10-6-19-4-7-20(8-5-19)28(30)31/h3-10H,11-16H2,1-2H3/b10-6+. The lowest BCUT2D eigenvalue weighted by atomic mass is 10.1. The fourth-order valence-corrected chi connectivity index (χ4v) is 4.72. The third kappa shape index (κ3) is 5.44. The Labute approximate surface area is 196 Å². The zero-order chi connectivity index (χ0) is 23.4. The summed E-state index contributed by atoms with van der Waals surface area (Å²) >= 11 is 1.51. The number of thiazole rings is 1. The molecule has 1 aliphatic rings. The Kier molecular flexibility index (Phi) is 7.12. The Hall–Kier alpha value is -3.14. The lowest BCUT2D eigenvalue weighted by molar-refractivity contribution is -0.384. The molecule has 0 saturated carbocycles. The van der Waals surface area contributed by atoms with Gasteiger partial charge in [-0.2, -0.15) is 0 Å². The van der Waals surface area contributed by atoms with Crippen LogP contribution in [0, 0.1) is 24.0 Å². The number of nitro benzene ring substituents is 1. The molecule has 172 valence electrons. The van der Waals surface area contributed by atoms with Gasteiger partial charge in [0.25, 0.3) is 11.6 Å². The average Bonchev–Trinajstić information content (AvgIpc) is 3.26. The molecule has 0 bridgehead atoms. The van der Waals surface area contributed by atoms with Crippen molar-refractivity contribution in [2.75, 3.05) is 44.3 Å². The monoisotopic (exact) mass is 466 g/mol. The summed E-state index contributed by atoms with van der Waals surface area (Å²) in [6.07, 6.45) is 3.18. The minimum Gasteiger partial charge on any atom is -0.379 e. The molecule has 4 rings (SSSR count). The number of carbonyl (C=O) groups is 1. The van der Waals surface area contributed by atoms with Crippen LogP contribution >= 0.6 is 11.3 Å². The van der Waals surface area contributed by atoms with Gasteiger partial charge in [0.2, 0.25) is 0 Å². The molecule has 2 aromatic carbocycles. The summed E-state index contributed by atoms with van der Waals surface area (Å²) in [5.41, 5.74) is 3.96. The van der Waals surface area contributed by atoms with E-state index in [4.69, 9.17) is 9.72 Å². The van der Waals surface area contributed by atoms with Gasteiger partial charge in [0.1, 0.15) is 0 Å². The van der Waals surface area contributed by atoms with E-state index in [2.05, 4.69) is 30.9 Å². The smallest absolute Gasteiger partial charge is 0.269 e. The number of benzene rings is 2. The van der Waals surface area contributed by atoms with Crippen molar-refractivity contribution < 1.29 is 14.5 Å². The van der Waals surface area contributed by atoms with E-state index in [0.717, 1.165) is 41.0 Å². The van der Waals surface area contributed by atoms with E-state index >= 15 is 0 Å². The molecule has 0 N–H and O–H groups in total. The Bertz CT molecular complexity index is 1180. The molecule has 0 atom stereocenters. The van der Waals surface area contributed by atoms with Crippen molar-refractivity contribution in [3.05, 3.63) is 69.3 Å². The van der Waals surface area contributed by atoms with Crippen molar-refractivity contribution >= 4 is 44.4 Å². The predicted octanol–water partition coefficient (Wildman–Crippen LogP) is 4.20. The molecule has 33 heavy (non-hydrogen) atoms. The number of hydrogen-bond acceptors (Lipinski definition) is 7. The fraction of sp³-hybridized carbons (Fsp3) is 0.333. The first-order chi connectivity index (χ1) is 15.9. The minimum atomic E-state index is -0.442. The second-order valence-corrected chi connectivity index (χ2v) is 8.99. The van der Waals surface area contributed by atoms with E-state index in [9.17, 15) is 14.9 Å². The second-order valence-electron chi connectivity index (χ2n) is 7.98. The molecular weight excluding hydrogens is 440 g/mol. The summed E-state index contributed by atoms with van der Waals surface area (Å²) in [6.45, 7) is 8.45. The molecule has 0 aliphatic carbocycles.